The Bertz CT molecular complexity index is 650. The van der Waals surface area contributed by atoms with Gasteiger partial charge in [-0.15, -0.1) is 0 Å². The maximum atomic E-state index is 12.1. The lowest BCUT2D eigenvalue weighted by molar-refractivity contribution is -0.125. The van der Waals surface area contributed by atoms with Gasteiger partial charge < -0.3 is 14.6 Å². The van der Waals surface area contributed by atoms with Gasteiger partial charge in [-0.05, 0) is 37.6 Å². The van der Waals surface area contributed by atoms with Gasteiger partial charge >= 0.3 is 0 Å². The molecule has 0 aliphatic carbocycles. The molecule has 22 heavy (non-hydrogen) atoms. The van der Waals surface area contributed by atoms with E-state index in [2.05, 4.69) is 15.5 Å². The van der Waals surface area contributed by atoms with Gasteiger partial charge in [0.05, 0.1) is 18.6 Å². The lowest BCUT2D eigenvalue weighted by atomic mass is 10.1. The zero-order valence-electron chi connectivity index (χ0n) is 12.1. The smallest absolute Gasteiger partial charge is 0.257 e. The summed E-state index contributed by atoms with van der Waals surface area (Å²) in [5.74, 6) is 0.710. The van der Waals surface area contributed by atoms with Crippen LogP contribution in [0.4, 0.5) is 0 Å². The standard InChI is InChI=1S/C15H16ClN3O3/c1-9(17-14(20)11-6-7-21-8-11)13-18-15(22-19-13)10-2-4-12(16)5-3-10/h2-5,9,11H,6-8H2,1H3,(H,17,20)/t9-,11+/m1/s1. The van der Waals surface area contributed by atoms with Gasteiger partial charge in [-0.3, -0.25) is 4.79 Å². The molecule has 1 aliphatic rings. The molecular weight excluding hydrogens is 306 g/mol. The highest BCUT2D eigenvalue weighted by Gasteiger charge is 2.26. The molecule has 2 atom stereocenters. The van der Waals surface area contributed by atoms with Gasteiger partial charge in [0.1, 0.15) is 0 Å². The van der Waals surface area contributed by atoms with Crippen LogP contribution in [0.2, 0.25) is 5.02 Å². The summed E-state index contributed by atoms with van der Waals surface area (Å²) in [5.41, 5.74) is 0.783. The van der Waals surface area contributed by atoms with E-state index in [-0.39, 0.29) is 17.9 Å². The molecule has 2 aromatic rings. The van der Waals surface area contributed by atoms with Gasteiger partial charge in [0.15, 0.2) is 5.82 Å². The molecule has 1 aliphatic heterocycles. The van der Waals surface area contributed by atoms with Crippen LogP contribution in [-0.4, -0.2) is 29.3 Å². The molecule has 1 aromatic heterocycles. The maximum absolute atomic E-state index is 12.1. The molecule has 0 bridgehead atoms. The van der Waals surface area contributed by atoms with E-state index in [1.807, 2.05) is 6.92 Å². The van der Waals surface area contributed by atoms with Crippen molar-refractivity contribution in [3.63, 3.8) is 0 Å². The van der Waals surface area contributed by atoms with Gasteiger partial charge in [0, 0.05) is 17.2 Å². The molecule has 0 unspecified atom stereocenters. The second-order valence-electron chi connectivity index (χ2n) is 5.26. The van der Waals surface area contributed by atoms with Crippen molar-refractivity contribution in [3.05, 3.63) is 35.1 Å². The summed E-state index contributed by atoms with van der Waals surface area (Å²) in [6, 6.07) is 6.80. The van der Waals surface area contributed by atoms with Crippen molar-refractivity contribution in [2.75, 3.05) is 13.2 Å². The molecule has 7 heteroatoms. The second kappa shape index (κ2) is 6.46. The average molecular weight is 322 g/mol. The summed E-state index contributed by atoms with van der Waals surface area (Å²) in [6.45, 7) is 2.93. The fraction of sp³-hybridized carbons (Fsp3) is 0.400. The van der Waals surface area contributed by atoms with Crippen molar-refractivity contribution in [1.82, 2.24) is 15.5 Å². The molecule has 2 heterocycles. The van der Waals surface area contributed by atoms with Crippen molar-refractivity contribution in [3.8, 4) is 11.5 Å². The van der Waals surface area contributed by atoms with Crippen molar-refractivity contribution < 1.29 is 14.1 Å². The molecule has 6 nitrogen and oxygen atoms in total. The number of halogens is 1. The third kappa shape index (κ3) is 3.28. The van der Waals surface area contributed by atoms with Crippen LogP contribution in [0.25, 0.3) is 11.5 Å². The topological polar surface area (TPSA) is 77.2 Å². The van der Waals surface area contributed by atoms with Crippen molar-refractivity contribution in [1.29, 1.82) is 0 Å². The molecule has 0 saturated carbocycles. The number of hydrogen-bond donors (Lipinski definition) is 1. The van der Waals surface area contributed by atoms with Crippen LogP contribution in [0.3, 0.4) is 0 Å². The monoisotopic (exact) mass is 321 g/mol. The van der Waals surface area contributed by atoms with E-state index in [1.165, 1.54) is 0 Å². The Morgan fingerprint density at radius 3 is 2.86 bits per heavy atom. The minimum atomic E-state index is -0.321. The van der Waals surface area contributed by atoms with Crippen LogP contribution in [0.5, 0.6) is 0 Å². The van der Waals surface area contributed by atoms with Gasteiger partial charge in [-0.2, -0.15) is 4.98 Å². The molecule has 1 N–H and O–H groups in total. The molecule has 0 radical (unpaired) electrons. The Balaban J connectivity index is 1.67. The van der Waals surface area contributed by atoms with Crippen LogP contribution < -0.4 is 5.32 Å². The maximum Gasteiger partial charge on any atom is 0.257 e. The molecule has 116 valence electrons. The first-order chi connectivity index (χ1) is 10.6. The third-order valence-corrected chi connectivity index (χ3v) is 3.83. The number of aromatic nitrogens is 2. The lowest BCUT2D eigenvalue weighted by Crippen LogP contribution is -2.33. The zero-order chi connectivity index (χ0) is 15.5. The van der Waals surface area contributed by atoms with E-state index < -0.39 is 0 Å². The van der Waals surface area contributed by atoms with Crippen LogP contribution in [-0.2, 0) is 9.53 Å². The summed E-state index contributed by atoms with van der Waals surface area (Å²) >= 11 is 5.85. The predicted octanol–water partition coefficient (Wildman–Crippen LogP) is 2.60. The predicted molar refractivity (Wildman–Crippen MR) is 80.2 cm³/mol. The number of carbonyl (C=O) groups excluding carboxylic acids is 1. The van der Waals surface area contributed by atoms with E-state index in [1.54, 1.807) is 24.3 Å². The van der Waals surface area contributed by atoms with Crippen LogP contribution in [0.15, 0.2) is 28.8 Å². The van der Waals surface area contributed by atoms with E-state index in [0.29, 0.717) is 30.0 Å². The van der Waals surface area contributed by atoms with E-state index >= 15 is 0 Å². The average Bonchev–Trinajstić information content (AvgIpc) is 3.20. The summed E-state index contributed by atoms with van der Waals surface area (Å²) in [7, 11) is 0. The Kier molecular flexibility index (Phi) is 4.40. The van der Waals surface area contributed by atoms with E-state index in [0.717, 1.165) is 12.0 Å². The SMILES string of the molecule is C[C@@H](NC(=O)[C@H]1CCOC1)c1noc(-c2ccc(Cl)cc2)n1. The van der Waals surface area contributed by atoms with Crippen LogP contribution in [0, 0.1) is 5.92 Å². The molecule has 1 saturated heterocycles. The third-order valence-electron chi connectivity index (χ3n) is 3.58. The summed E-state index contributed by atoms with van der Waals surface area (Å²) in [6.07, 6.45) is 0.751. The number of hydrogen-bond acceptors (Lipinski definition) is 5. The number of amides is 1. The minimum absolute atomic E-state index is 0.0390. The largest absolute Gasteiger partial charge is 0.381 e. The Labute approximate surface area is 132 Å². The molecule has 1 fully saturated rings. The molecule has 1 amide bonds. The highest BCUT2D eigenvalue weighted by Crippen LogP contribution is 2.22. The first kappa shape index (κ1) is 15.0. The number of carbonyl (C=O) groups is 1. The first-order valence-electron chi connectivity index (χ1n) is 7.11. The second-order valence-corrected chi connectivity index (χ2v) is 5.69. The minimum Gasteiger partial charge on any atom is -0.381 e. The fourth-order valence-corrected chi connectivity index (χ4v) is 2.38. The fourth-order valence-electron chi connectivity index (χ4n) is 2.26. The van der Waals surface area contributed by atoms with E-state index in [9.17, 15) is 4.79 Å². The highest BCUT2D eigenvalue weighted by atomic mass is 35.5. The van der Waals surface area contributed by atoms with Crippen LogP contribution >= 0.6 is 11.6 Å². The van der Waals surface area contributed by atoms with Gasteiger partial charge in [-0.25, -0.2) is 0 Å². The number of nitrogens with zero attached hydrogens (tertiary/aromatic N) is 2. The van der Waals surface area contributed by atoms with E-state index in [4.69, 9.17) is 20.9 Å². The molecule has 3 rings (SSSR count). The molecule has 0 spiro atoms. The first-order valence-corrected chi connectivity index (χ1v) is 7.49. The van der Waals surface area contributed by atoms with Gasteiger partial charge in [0.2, 0.25) is 5.91 Å². The Hall–Kier alpha value is -1.92. The Morgan fingerprint density at radius 1 is 1.41 bits per heavy atom. The number of ether oxygens (including phenoxy) is 1. The number of benzene rings is 1. The summed E-state index contributed by atoms with van der Waals surface area (Å²) in [4.78, 5) is 16.4. The summed E-state index contributed by atoms with van der Waals surface area (Å²) in [5, 5.41) is 7.46. The zero-order valence-corrected chi connectivity index (χ0v) is 12.8. The quantitative estimate of drug-likeness (QED) is 0.936. The van der Waals surface area contributed by atoms with Crippen molar-refractivity contribution in [2.45, 2.75) is 19.4 Å². The lowest BCUT2D eigenvalue weighted by Gasteiger charge is -2.13. The normalized spacial score (nSPS) is 19.1. The Morgan fingerprint density at radius 2 is 2.18 bits per heavy atom. The highest BCUT2D eigenvalue weighted by molar-refractivity contribution is 6.30. The summed E-state index contributed by atoms with van der Waals surface area (Å²) < 4.78 is 10.5. The number of rotatable bonds is 4. The van der Waals surface area contributed by atoms with Gasteiger partial charge in [-0.1, -0.05) is 16.8 Å². The van der Waals surface area contributed by atoms with Gasteiger partial charge in [0.25, 0.3) is 5.89 Å². The van der Waals surface area contributed by atoms with Crippen molar-refractivity contribution in [2.24, 2.45) is 5.92 Å². The van der Waals surface area contributed by atoms with Crippen LogP contribution in [0.1, 0.15) is 25.2 Å². The molecule has 1 aromatic carbocycles. The molecular formula is C15H16ClN3O3. The number of nitrogens with one attached hydrogen (secondary N) is 1. The van der Waals surface area contributed by atoms with Crippen molar-refractivity contribution >= 4 is 17.5 Å².